The monoisotopic (exact) mass is 217 g/mol. The third-order valence-electron chi connectivity index (χ3n) is 2.60. The molecule has 1 unspecified atom stereocenters. The lowest BCUT2D eigenvalue weighted by atomic mass is 10.0. The van der Waals surface area contributed by atoms with Gasteiger partial charge >= 0.3 is 0 Å². The van der Waals surface area contributed by atoms with E-state index in [0.29, 0.717) is 12.2 Å². The van der Waals surface area contributed by atoms with Crippen LogP contribution in [0.2, 0.25) is 0 Å². The number of rotatable bonds is 3. The van der Waals surface area contributed by atoms with Gasteiger partial charge in [0.15, 0.2) is 0 Å². The summed E-state index contributed by atoms with van der Waals surface area (Å²) in [6.07, 6.45) is 3.95. The number of nitrogens with two attached hydrogens (primary N) is 2. The van der Waals surface area contributed by atoms with Crippen LogP contribution < -0.4 is 11.5 Å². The molecule has 0 aliphatic rings. The topological polar surface area (TPSA) is 78.1 Å². The number of aryl methyl sites for hydroxylation is 1. The highest BCUT2D eigenvalue weighted by Gasteiger charge is 2.14. The Labute approximate surface area is 94.3 Å². The van der Waals surface area contributed by atoms with Crippen LogP contribution in [0.3, 0.4) is 0 Å². The van der Waals surface area contributed by atoms with E-state index in [4.69, 9.17) is 15.9 Å². The fourth-order valence-corrected chi connectivity index (χ4v) is 1.72. The lowest BCUT2D eigenvalue weighted by molar-refractivity contribution is 0.461. The van der Waals surface area contributed by atoms with Crippen LogP contribution in [0.25, 0.3) is 0 Å². The molecule has 4 nitrogen and oxygen atoms in total. The van der Waals surface area contributed by atoms with Crippen molar-refractivity contribution < 1.29 is 4.42 Å². The molecule has 2 rings (SSSR count). The summed E-state index contributed by atoms with van der Waals surface area (Å²) in [5, 5.41) is 0. The van der Waals surface area contributed by atoms with Gasteiger partial charge in [-0.1, -0.05) is 6.07 Å². The summed E-state index contributed by atoms with van der Waals surface area (Å²) in [4.78, 5) is 4.03. The average molecular weight is 217 g/mol. The number of nitrogen functional groups attached to an aromatic ring is 1. The van der Waals surface area contributed by atoms with Gasteiger partial charge in [-0.3, -0.25) is 0 Å². The molecule has 0 aliphatic carbocycles. The molecule has 0 radical (unpaired) electrons. The highest BCUT2D eigenvalue weighted by Crippen LogP contribution is 2.21. The third kappa shape index (κ3) is 2.06. The molecular weight excluding hydrogens is 202 g/mol. The SMILES string of the molecule is Cc1ccoc1C(N)Cc1cccnc1N. The van der Waals surface area contributed by atoms with Gasteiger partial charge in [-0.15, -0.1) is 0 Å². The van der Waals surface area contributed by atoms with Crippen LogP contribution in [0.1, 0.15) is 22.9 Å². The van der Waals surface area contributed by atoms with Gasteiger partial charge in [-0.05, 0) is 36.6 Å². The van der Waals surface area contributed by atoms with Gasteiger partial charge in [0.25, 0.3) is 0 Å². The maximum absolute atomic E-state index is 6.06. The van der Waals surface area contributed by atoms with Crippen molar-refractivity contribution in [3.63, 3.8) is 0 Å². The second kappa shape index (κ2) is 4.37. The summed E-state index contributed by atoms with van der Waals surface area (Å²) < 4.78 is 5.35. The minimum atomic E-state index is -0.179. The van der Waals surface area contributed by atoms with Crippen LogP contribution in [0.4, 0.5) is 5.82 Å². The van der Waals surface area contributed by atoms with Gasteiger partial charge in [0.05, 0.1) is 12.3 Å². The zero-order valence-electron chi connectivity index (χ0n) is 9.18. The Kier molecular flexibility index (Phi) is 2.92. The van der Waals surface area contributed by atoms with Crippen LogP contribution in [-0.2, 0) is 6.42 Å². The summed E-state index contributed by atoms with van der Waals surface area (Å²) in [6.45, 7) is 1.98. The van der Waals surface area contributed by atoms with Crippen molar-refractivity contribution in [1.29, 1.82) is 0 Å². The molecule has 16 heavy (non-hydrogen) atoms. The van der Waals surface area contributed by atoms with Crippen LogP contribution in [0.15, 0.2) is 35.1 Å². The predicted octanol–water partition coefficient (Wildman–Crippen LogP) is 1.81. The molecule has 0 fully saturated rings. The highest BCUT2D eigenvalue weighted by molar-refractivity contribution is 5.39. The molecule has 0 saturated heterocycles. The number of pyridine rings is 1. The van der Waals surface area contributed by atoms with Gasteiger partial charge in [0.1, 0.15) is 11.6 Å². The van der Waals surface area contributed by atoms with Crippen LogP contribution in [0.5, 0.6) is 0 Å². The lowest BCUT2D eigenvalue weighted by Crippen LogP contribution is -2.14. The van der Waals surface area contributed by atoms with Gasteiger partial charge in [-0.2, -0.15) is 0 Å². The highest BCUT2D eigenvalue weighted by atomic mass is 16.3. The Hall–Kier alpha value is -1.81. The maximum atomic E-state index is 6.06. The molecule has 0 bridgehead atoms. The van der Waals surface area contributed by atoms with Crippen molar-refractivity contribution in [3.05, 3.63) is 47.5 Å². The molecule has 84 valence electrons. The molecule has 4 heteroatoms. The fraction of sp³-hybridized carbons (Fsp3) is 0.250. The fourth-order valence-electron chi connectivity index (χ4n) is 1.72. The van der Waals surface area contributed by atoms with Crippen LogP contribution >= 0.6 is 0 Å². The Morgan fingerprint density at radius 2 is 2.25 bits per heavy atom. The molecule has 1 atom stereocenters. The summed E-state index contributed by atoms with van der Waals surface area (Å²) in [5.74, 6) is 1.34. The van der Waals surface area contributed by atoms with Gasteiger partial charge in [0, 0.05) is 6.20 Å². The Morgan fingerprint density at radius 1 is 1.44 bits per heavy atom. The molecule has 4 N–H and O–H groups in total. The predicted molar refractivity (Wildman–Crippen MR) is 62.7 cm³/mol. The summed E-state index contributed by atoms with van der Waals surface area (Å²) in [5.41, 5.74) is 13.8. The number of furan rings is 1. The van der Waals surface area contributed by atoms with E-state index in [-0.39, 0.29) is 6.04 Å². The molecule has 0 aliphatic heterocycles. The minimum absolute atomic E-state index is 0.179. The summed E-state index contributed by atoms with van der Waals surface area (Å²) in [6, 6.07) is 5.51. The smallest absolute Gasteiger partial charge is 0.126 e. The van der Waals surface area contributed by atoms with E-state index in [2.05, 4.69) is 4.98 Å². The molecular formula is C12H15N3O. The van der Waals surface area contributed by atoms with E-state index in [1.807, 2.05) is 25.1 Å². The van der Waals surface area contributed by atoms with Crippen LogP contribution in [-0.4, -0.2) is 4.98 Å². The van der Waals surface area contributed by atoms with Crippen molar-refractivity contribution in [2.75, 3.05) is 5.73 Å². The molecule has 2 aromatic heterocycles. The van der Waals surface area contributed by atoms with Gasteiger partial charge in [-0.25, -0.2) is 4.98 Å². The first-order valence-electron chi connectivity index (χ1n) is 5.17. The lowest BCUT2D eigenvalue weighted by Gasteiger charge is -2.11. The van der Waals surface area contributed by atoms with E-state index in [1.165, 1.54) is 0 Å². The second-order valence-electron chi connectivity index (χ2n) is 3.83. The van der Waals surface area contributed by atoms with Crippen molar-refractivity contribution in [2.24, 2.45) is 5.73 Å². The first-order chi connectivity index (χ1) is 7.68. The molecule has 0 aromatic carbocycles. The van der Waals surface area contributed by atoms with Crippen molar-refractivity contribution in [1.82, 2.24) is 4.98 Å². The van der Waals surface area contributed by atoms with Crippen molar-refractivity contribution in [3.8, 4) is 0 Å². The average Bonchev–Trinajstić information content (AvgIpc) is 2.68. The third-order valence-corrected chi connectivity index (χ3v) is 2.60. The number of hydrogen-bond donors (Lipinski definition) is 2. The maximum Gasteiger partial charge on any atom is 0.126 e. The van der Waals surface area contributed by atoms with Crippen LogP contribution in [0, 0.1) is 6.92 Å². The second-order valence-corrected chi connectivity index (χ2v) is 3.83. The quantitative estimate of drug-likeness (QED) is 0.821. The first kappa shape index (κ1) is 10.7. The molecule has 0 saturated carbocycles. The Balaban J connectivity index is 2.17. The molecule has 0 amide bonds. The summed E-state index contributed by atoms with van der Waals surface area (Å²) >= 11 is 0. The normalized spacial score (nSPS) is 12.6. The first-order valence-corrected chi connectivity index (χ1v) is 5.17. The zero-order chi connectivity index (χ0) is 11.5. The van der Waals surface area contributed by atoms with E-state index < -0.39 is 0 Å². The van der Waals surface area contributed by atoms with E-state index in [9.17, 15) is 0 Å². The Morgan fingerprint density at radius 3 is 2.88 bits per heavy atom. The standard InChI is InChI=1S/C12H15N3O/c1-8-4-6-16-11(8)10(13)7-9-3-2-5-15-12(9)14/h2-6,10H,7,13H2,1H3,(H2,14,15). The minimum Gasteiger partial charge on any atom is -0.467 e. The molecule has 0 spiro atoms. The van der Waals surface area contributed by atoms with Gasteiger partial charge in [0.2, 0.25) is 0 Å². The Bertz CT molecular complexity index is 479. The van der Waals surface area contributed by atoms with E-state index >= 15 is 0 Å². The van der Waals surface area contributed by atoms with Crippen molar-refractivity contribution >= 4 is 5.82 Å². The largest absolute Gasteiger partial charge is 0.467 e. The van der Waals surface area contributed by atoms with E-state index in [1.54, 1.807) is 12.5 Å². The number of nitrogens with zero attached hydrogens (tertiary/aromatic N) is 1. The zero-order valence-corrected chi connectivity index (χ0v) is 9.18. The van der Waals surface area contributed by atoms with Gasteiger partial charge < -0.3 is 15.9 Å². The molecule has 2 aromatic rings. The number of anilines is 1. The summed E-state index contributed by atoms with van der Waals surface area (Å²) in [7, 11) is 0. The number of aromatic nitrogens is 1. The molecule has 2 heterocycles. The number of hydrogen-bond acceptors (Lipinski definition) is 4. The van der Waals surface area contributed by atoms with Crippen molar-refractivity contribution in [2.45, 2.75) is 19.4 Å². The van der Waals surface area contributed by atoms with E-state index in [0.717, 1.165) is 16.9 Å².